The first-order chi connectivity index (χ1) is 9.33. The van der Waals surface area contributed by atoms with E-state index in [1.165, 1.54) is 62.5 Å². The van der Waals surface area contributed by atoms with E-state index in [4.69, 9.17) is 0 Å². The van der Waals surface area contributed by atoms with Gasteiger partial charge in [-0.25, -0.2) is 0 Å². The van der Waals surface area contributed by atoms with Gasteiger partial charge >= 0.3 is 0 Å². The number of hydrogen-bond acceptors (Lipinski definition) is 1. The molecule has 1 aromatic carbocycles. The van der Waals surface area contributed by atoms with Gasteiger partial charge in [0.2, 0.25) is 0 Å². The summed E-state index contributed by atoms with van der Waals surface area (Å²) in [4.78, 5) is 12.3. The molecule has 0 N–H and O–H groups in total. The maximum atomic E-state index is 12.3. The van der Waals surface area contributed by atoms with Crippen LogP contribution >= 0.6 is 0 Å². The molecule has 1 heteroatoms. The molecule has 0 aliphatic heterocycles. The zero-order valence-corrected chi connectivity index (χ0v) is 11.8. The number of benzene rings is 1. The van der Waals surface area contributed by atoms with E-state index in [0.29, 0.717) is 5.78 Å². The lowest BCUT2D eigenvalue weighted by Crippen LogP contribution is -2.09. The Labute approximate surface area is 116 Å². The van der Waals surface area contributed by atoms with Crippen molar-refractivity contribution in [2.24, 2.45) is 5.92 Å². The molecule has 0 bridgehead atoms. The zero-order valence-electron chi connectivity index (χ0n) is 11.8. The number of Topliss-reactive ketones (excluding diaryl/α,β-unsaturated/α-hetero) is 1. The van der Waals surface area contributed by atoms with Crippen LogP contribution in [0, 0.1) is 5.92 Å². The maximum Gasteiger partial charge on any atom is 0.162 e. The molecule has 19 heavy (non-hydrogen) atoms. The van der Waals surface area contributed by atoms with E-state index < -0.39 is 0 Å². The normalized spacial score (nSPS) is 19.4. The van der Waals surface area contributed by atoms with Crippen LogP contribution in [-0.4, -0.2) is 5.78 Å². The van der Waals surface area contributed by atoms with Crippen molar-refractivity contribution in [3.8, 4) is 0 Å². The fraction of sp³-hybridized carbons (Fsp3) is 0.611. The van der Waals surface area contributed by atoms with Gasteiger partial charge in [0.15, 0.2) is 5.78 Å². The first-order valence-electron chi connectivity index (χ1n) is 7.98. The molecule has 2 aliphatic rings. The summed E-state index contributed by atoms with van der Waals surface area (Å²) in [5.41, 5.74) is 3.84. The molecule has 0 aromatic heterocycles. The van der Waals surface area contributed by atoms with E-state index in [2.05, 4.69) is 12.1 Å². The topological polar surface area (TPSA) is 17.1 Å². The quantitative estimate of drug-likeness (QED) is 0.712. The van der Waals surface area contributed by atoms with Crippen LogP contribution in [0.4, 0.5) is 0 Å². The molecular formula is C18H24O. The maximum absolute atomic E-state index is 12.3. The van der Waals surface area contributed by atoms with Crippen LogP contribution in [0.3, 0.4) is 0 Å². The summed E-state index contributed by atoms with van der Waals surface area (Å²) in [5, 5.41) is 0. The van der Waals surface area contributed by atoms with Crippen LogP contribution in [0.15, 0.2) is 18.2 Å². The number of aryl methyl sites for hydroxylation is 2. The van der Waals surface area contributed by atoms with Crippen molar-refractivity contribution in [1.29, 1.82) is 0 Å². The Balaban J connectivity index is 1.57. The van der Waals surface area contributed by atoms with Gasteiger partial charge in [-0.05, 0) is 48.8 Å². The smallest absolute Gasteiger partial charge is 0.162 e. The van der Waals surface area contributed by atoms with Crippen molar-refractivity contribution in [2.45, 2.75) is 64.2 Å². The summed E-state index contributed by atoms with van der Waals surface area (Å²) in [6, 6.07) is 6.38. The molecule has 0 amide bonds. The summed E-state index contributed by atoms with van der Waals surface area (Å²) in [6.07, 6.45) is 12.3. The van der Waals surface area contributed by atoms with Crippen LogP contribution in [0.1, 0.15) is 72.9 Å². The number of carbonyl (C=O) groups excluding carboxylic acids is 1. The van der Waals surface area contributed by atoms with Crippen molar-refractivity contribution >= 4 is 5.78 Å². The Morgan fingerprint density at radius 2 is 1.79 bits per heavy atom. The third-order valence-electron chi connectivity index (χ3n) is 4.92. The highest BCUT2D eigenvalue weighted by Crippen LogP contribution is 2.28. The zero-order chi connectivity index (χ0) is 13.1. The van der Waals surface area contributed by atoms with Crippen molar-refractivity contribution < 1.29 is 4.79 Å². The molecule has 0 spiro atoms. The number of rotatable bonds is 4. The average molecular weight is 256 g/mol. The molecule has 1 saturated carbocycles. The van der Waals surface area contributed by atoms with Gasteiger partial charge in [-0.15, -0.1) is 0 Å². The molecule has 0 radical (unpaired) electrons. The minimum Gasteiger partial charge on any atom is -0.294 e. The number of fused-ring (bicyclic) bond motifs is 1. The summed E-state index contributed by atoms with van der Waals surface area (Å²) in [7, 11) is 0. The van der Waals surface area contributed by atoms with Gasteiger partial charge < -0.3 is 0 Å². The summed E-state index contributed by atoms with van der Waals surface area (Å²) in [5.74, 6) is 1.17. The molecule has 0 atom stereocenters. The monoisotopic (exact) mass is 256 g/mol. The fourth-order valence-corrected chi connectivity index (χ4v) is 3.70. The Hall–Kier alpha value is -1.11. The van der Waals surface area contributed by atoms with E-state index >= 15 is 0 Å². The Bertz CT molecular complexity index is 455. The van der Waals surface area contributed by atoms with E-state index in [9.17, 15) is 4.79 Å². The Kier molecular flexibility index (Phi) is 4.00. The minimum atomic E-state index is 0.361. The van der Waals surface area contributed by atoms with E-state index in [1.807, 2.05) is 6.07 Å². The number of ketones is 1. The summed E-state index contributed by atoms with van der Waals surface area (Å²) >= 11 is 0. The van der Waals surface area contributed by atoms with Crippen molar-refractivity contribution in [3.63, 3.8) is 0 Å². The molecule has 0 heterocycles. The van der Waals surface area contributed by atoms with Gasteiger partial charge in [0.1, 0.15) is 0 Å². The van der Waals surface area contributed by atoms with Crippen molar-refractivity contribution in [1.82, 2.24) is 0 Å². The van der Waals surface area contributed by atoms with E-state index in [0.717, 1.165) is 24.3 Å². The lowest BCUT2D eigenvalue weighted by Gasteiger charge is -2.20. The van der Waals surface area contributed by atoms with Crippen LogP contribution < -0.4 is 0 Å². The second-order valence-corrected chi connectivity index (χ2v) is 6.30. The van der Waals surface area contributed by atoms with Crippen molar-refractivity contribution in [2.75, 3.05) is 0 Å². The van der Waals surface area contributed by atoms with Crippen LogP contribution in [0.2, 0.25) is 0 Å². The molecule has 3 rings (SSSR count). The van der Waals surface area contributed by atoms with E-state index in [-0.39, 0.29) is 0 Å². The van der Waals surface area contributed by atoms with Gasteiger partial charge in [-0.1, -0.05) is 44.2 Å². The molecule has 1 fully saturated rings. The van der Waals surface area contributed by atoms with Gasteiger partial charge in [-0.3, -0.25) is 4.79 Å². The molecular weight excluding hydrogens is 232 g/mol. The molecule has 1 nitrogen and oxygen atoms in total. The number of carbonyl (C=O) groups is 1. The second kappa shape index (κ2) is 5.90. The molecule has 0 unspecified atom stereocenters. The first kappa shape index (κ1) is 12.9. The van der Waals surface area contributed by atoms with Gasteiger partial charge in [0, 0.05) is 12.0 Å². The standard InChI is InChI=1S/C18H24O/c19-18(12-9-14-5-2-1-3-6-14)17-11-10-15-7-4-8-16(15)13-17/h10-11,13-14H,1-9,12H2. The molecule has 1 aromatic rings. The minimum absolute atomic E-state index is 0.361. The Morgan fingerprint density at radius 3 is 2.63 bits per heavy atom. The average Bonchev–Trinajstić information content (AvgIpc) is 2.93. The van der Waals surface area contributed by atoms with Crippen LogP contribution in [-0.2, 0) is 12.8 Å². The third kappa shape index (κ3) is 3.08. The fourth-order valence-electron chi connectivity index (χ4n) is 3.70. The predicted molar refractivity (Wildman–Crippen MR) is 78.6 cm³/mol. The Morgan fingerprint density at radius 1 is 1.00 bits per heavy atom. The lowest BCUT2D eigenvalue weighted by molar-refractivity contribution is 0.0970. The highest BCUT2D eigenvalue weighted by Gasteiger charge is 2.17. The van der Waals surface area contributed by atoms with Crippen molar-refractivity contribution in [3.05, 3.63) is 34.9 Å². The van der Waals surface area contributed by atoms with Crippen LogP contribution in [0.25, 0.3) is 0 Å². The highest BCUT2D eigenvalue weighted by atomic mass is 16.1. The third-order valence-corrected chi connectivity index (χ3v) is 4.92. The van der Waals surface area contributed by atoms with Crippen LogP contribution in [0.5, 0.6) is 0 Å². The highest BCUT2D eigenvalue weighted by molar-refractivity contribution is 5.96. The number of hydrogen-bond donors (Lipinski definition) is 0. The molecule has 0 saturated heterocycles. The van der Waals surface area contributed by atoms with Gasteiger partial charge in [0.25, 0.3) is 0 Å². The second-order valence-electron chi connectivity index (χ2n) is 6.30. The lowest BCUT2D eigenvalue weighted by atomic mass is 9.85. The molecule has 2 aliphatic carbocycles. The van der Waals surface area contributed by atoms with Gasteiger partial charge in [-0.2, -0.15) is 0 Å². The van der Waals surface area contributed by atoms with E-state index in [1.54, 1.807) is 0 Å². The first-order valence-corrected chi connectivity index (χ1v) is 7.98. The summed E-state index contributed by atoms with van der Waals surface area (Å²) < 4.78 is 0. The molecule has 102 valence electrons. The van der Waals surface area contributed by atoms with Gasteiger partial charge in [0.05, 0.1) is 0 Å². The largest absolute Gasteiger partial charge is 0.294 e. The SMILES string of the molecule is O=C(CCC1CCCCC1)c1ccc2c(c1)CCC2. The summed E-state index contributed by atoms with van der Waals surface area (Å²) in [6.45, 7) is 0. The predicted octanol–water partition coefficient (Wildman–Crippen LogP) is 4.72.